The maximum atomic E-state index is 14.0. The van der Waals surface area contributed by atoms with E-state index in [1.54, 1.807) is 23.1 Å². The molecule has 0 unspecified atom stereocenters. The molecule has 1 fully saturated rings. The lowest BCUT2D eigenvalue weighted by molar-refractivity contribution is -0.142. The monoisotopic (exact) mass is 460 g/mol. The molecule has 0 spiro atoms. The van der Waals surface area contributed by atoms with Crippen LogP contribution in [-0.4, -0.2) is 56.6 Å². The third-order valence-corrected chi connectivity index (χ3v) is 5.33. The van der Waals surface area contributed by atoms with Crippen LogP contribution in [0.4, 0.5) is 23.2 Å². The Morgan fingerprint density at radius 1 is 1.00 bits per heavy atom. The summed E-state index contributed by atoms with van der Waals surface area (Å²) in [5.74, 6) is -1.63. The van der Waals surface area contributed by atoms with Gasteiger partial charge in [0.05, 0.1) is 12.0 Å². The SMILES string of the molecule is O=C(c1nc2nc(-c3ccco3)cc(C(F)(F)F)n2n1)N1CCN(c2ccccc2F)CC1. The Morgan fingerprint density at radius 3 is 2.42 bits per heavy atom. The van der Waals surface area contributed by atoms with Crippen molar-refractivity contribution < 1.29 is 26.8 Å². The van der Waals surface area contributed by atoms with Crippen molar-refractivity contribution in [2.24, 2.45) is 0 Å². The highest BCUT2D eigenvalue weighted by Gasteiger charge is 2.37. The number of hydrogen-bond acceptors (Lipinski definition) is 6. The standard InChI is InChI=1S/C21H16F4N6O2/c22-13-4-1-2-5-15(13)29-7-9-30(10-8-29)19(32)18-27-20-26-14(16-6-3-11-33-16)12-17(21(23,24)25)31(20)28-18/h1-6,11-12H,7-10H2. The molecule has 0 bridgehead atoms. The van der Waals surface area contributed by atoms with Crippen molar-refractivity contribution in [1.82, 2.24) is 24.5 Å². The van der Waals surface area contributed by atoms with Crippen molar-refractivity contribution in [2.75, 3.05) is 31.1 Å². The van der Waals surface area contributed by atoms with Crippen LogP contribution in [0.5, 0.6) is 0 Å². The summed E-state index contributed by atoms with van der Waals surface area (Å²) in [4.78, 5) is 24.2. The highest BCUT2D eigenvalue weighted by atomic mass is 19.4. The van der Waals surface area contributed by atoms with Crippen LogP contribution in [0.15, 0.2) is 53.1 Å². The first-order chi connectivity index (χ1) is 15.8. The van der Waals surface area contributed by atoms with Gasteiger partial charge in [0.25, 0.3) is 11.7 Å². The van der Waals surface area contributed by atoms with Gasteiger partial charge in [0.15, 0.2) is 11.5 Å². The first-order valence-corrected chi connectivity index (χ1v) is 9.99. The largest absolute Gasteiger partial charge is 0.463 e. The lowest BCUT2D eigenvalue weighted by Gasteiger charge is -2.35. The van der Waals surface area contributed by atoms with E-state index in [9.17, 15) is 22.4 Å². The highest BCUT2D eigenvalue weighted by Crippen LogP contribution is 2.32. The van der Waals surface area contributed by atoms with Crippen LogP contribution >= 0.6 is 0 Å². The first-order valence-electron chi connectivity index (χ1n) is 9.99. The fourth-order valence-electron chi connectivity index (χ4n) is 3.71. The molecular formula is C21H16F4N6O2. The third kappa shape index (κ3) is 3.88. The average Bonchev–Trinajstić information content (AvgIpc) is 3.48. The van der Waals surface area contributed by atoms with Gasteiger partial charge in [-0.25, -0.2) is 9.37 Å². The number of carbonyl (C=O) groups is 1. The van der Waals surface area contributed by atoms with E-state index in [-0.39, 0.29) is 36.1 Å². The van der Waals surface area contributed by atoms with Gasteiger partial charge in [-0.3, -0.25) is 4.79 Å². The van der Waals surface area contributed by atoms with E-state index in [0.29, 0.717) is 23.3 Å². The predicted molar refractivity (Wildman–Crippen MR) is 108 cm³/mol. The summed E-state index contributed by atoms with van der Waals surface area (Å²) in [6, 6.07) is 10.1. The molecule has 1 aromatic carbocycles. The minimum atomic E-state index is -4.76. The summed E-state index contributed by atoms with van der Waals surface area (Å²) >= 11 is 0. The highest BCUT2D eigenvalue weighted by molar-refractivity contribution is 5.91. The van der Waals surface area contributed by atoms with Gasteiger partial charge in [-0.05, 0) is 30.3 Å². The smallest absolute Gasteiger partial charge is 0.433 e. The normalized spacial score (nSPS) is 14.8. The van der Waals surface area contributed by atoms with Crippen molar-refractivity contribution >= 4 is 17.4 Å². The quantitative estimate of drug-likeness (QED) is 0.436. The molecule has 0 N–H and O–H groups in total. The lowest BCUT2D eigenvalue weighted by Crippen LogP contribution is -2.49. The number of nitrogens with zero attached hydrogens (tertiary/aromatic N) is 6. The zero-order valence-corrected chi connectivity index (χ0v) is 17.0. The first kappa shape index (κ1) is 20.9. The minimum absolute atomic E-state index is 0.0790. The molecule has 1 aliphatic rings. The Hall–Kier alpha value is -3.96. The summed E-state index contributed by atoms with van der Waals surface area (Å²) in [6.45, 7) is 1.18. The van der Waals surface area contributed by atoms with Gasteiger partial charge in [0.2, 0.25) is 5.82 Å². The number of para-hydroxylation sites is 1. The molecule has 4 heterocycles. The predicted octanol–water partition coefficient (Wildman–Crippen LogP) is 3.50. The van der Waals surface area contributed by atoms with Crippen LogP contribution in [0.1, 0.15) is 16.3 Å². The van der Waals surface area contributed by atoms with E-state index in [2.05, 4.69) is 15.1 Å². The molecule has 0 radical (unpaired) electrons. The number of rotatable bonds is 3. The Bertz CT molecular complexity index is 1310. The molecule has 170 valence electrons. The fourth-order valence-corrected chi connectivity index (χ4v) is 3.71. The Morgan fingerprint density at radius 2 is 1.76 bits per heavy atom. The van der Waals surface area contributed by atoms with Crippen molar-refractivity contribution in [3.8, 4) is 11.5 Å². The Balaban J connectivity index is 1.42. The van der Waals surface area contributed by atoms with E-state index in [1.807, 2.05) is 0 Å². The summed E-state index contributed by atoms with van der Waals surface area (Å²) in [5.41, 5.74) is -0.778. The van der Waals surface area contributed by atoms with E-state index in [4.69, 9.17) is 4.42 Å². The zero-order valence-electron chi connectivity index (χ0n) is 17.0. The van der Waals surface area contributed by atoms with Crippen molar-refractivity contribution in [2.45, 2.75) is 6.18 Å². The van der Waals surface area contributed by atoms with Gasteiger partial charge in [-0.1, -0.05) is 12.1 Å². The number of carbonyl (C=O) groups excluding carboxylic acids is 1. The third-order valence-electron chi connectivity index (χ3n) is 5.33. The molecule has 0 aliphatic carbocycles. The molecule has 1 saturated heterocycles. The van der Waals surface area contributed by atoms with Crippen LogP contribution < -0.4 is 4.90 Å². The molecule has 1 aliphatic heterocycles. The van der Waals surface area contributed by atoms with E-state index in [0.717, 1.165) is 6.07 Å². The minimum Gasteiger partial charge on any atom is -0.463 e. The van der Waals surface area contributed by atoms with E-state index < -0.39 is 23.6 Å². The molecule has 12 heteroatoms. The second kappa shape index (κ2) is 7.87. The van der Waals surface area contributed by atoms with Crippen LogP contribution in [0.25, 0.3) is 17.2 Å². The Labute approximate surface area is 184 Å². The molecule has 33 heavy (non-hydrogen) atoms. The summed E-state index contributed by atoms with van der Waals surface area (Å²) in [5, 5.41) is 3.80. The number of fused-ring (bicyclic) bond motifs is 1. The number of piperazine rings is 1. The average molecular weight is 460 g/mol. The summed E-state index contributed by atoms with van der Waals surface area (Å²) in [7, 11) is 0. The number of alkyl halides is 3. The molecule has 8 nitrogen and oxygen atoms in total. The number of anilines is 1. The fraction of sp³-hybridized carbons (Fsp3) is 0.238. The van der Waals surface area contributed by atoms with Gasteiger partial charge in [-0.15, -0.1) is 5.10 Å². The van der Waals surface area contributed by atoms with Gasteiger partial charge >= 0.3 is 6.18 Å². The number of benzene rings is 1. The molecule has 0 saturated carbocycles. The zero-order chi connectivity index (χ0) is 23.2. The van der Waals surface area contributed by atoms with E-state index >= 15 is 0 Å². The maximum absolute atomic E-state index is 14.0. The number of amides is 1. The van der Waals surface area contributed by atoms with Gasteiger partial charge in [-0.2, -0.15) is 22.7 Å². The van der Waals surface area contributed by atoms with Gasteiger partial charge < -0.3 is 14.2 Å². The topological polar surface area (TPSA) is 79.8 Å². The molecule has 3 aromatic heterocycles. The van der Waals surface area contributed by atoms with Crippen LogP contribution in [0, 0.1) is 5.82 Å². The number of hydrogen-bond donors (Lipinski definition) is 0. The summed E-state index contributed by atoms with van der Waals surface area (Å²) < 4.78 is 60.7. The maximum Gasteiger partial charge on any atom is 0.433 e. The second-order valence-electron chi connectivity index (χ2n) is 7.38. The molecule has 5 rings (SSSR count). The molecule has 4 aromatic rings. The second-order valence-corrected chi connectivity index (χ2v) is 7.38. The van der Waals surface area contributed by atoms with Crippen molar-refractivity contribution in [1.29, 1.82) is 0 Å². The summed E-state index contributed by atoms with van der Waals surface area (Å²) in [6.07, 6.45) is -3.45. The van der Waals surface area contributed by atoms with E-state index in [1.165, 1.54) is 29.4 Å². The lowest BCUT2D eigenvalue weighted by atomic mass is 10.2. The Kier molecular flexibility index (Phi) is 4.99. The van der Waals surface area contributed by atoms with Gasteiger partial charge in [0, 0.05) is 26.2 Å². The van der Waals surface area contributed by atoms with Crippen molar-refractivity contribution in [3.63, 3.8) is 0 Å². The number of furan rings is 1. The molecular weight excluding hydrogens is 444 g/mol. The molecule has 0 atom stereocenters. The number of aromatic nitrogens is 4. The van der Waals surface area contributed by atoms with Gasteiger partial charge in [0.1, 0.15) is 11.5 Å². The van der Waals surface area contributed by atoms with Crippen LogP contribution in [0.2, 0.25) is 0 Å². The van der Waals surface area contributed by atoms with Crippen LogP contribution in [0.3, 0.4) is 0 Å². The number of halogens is 4. The molecule has 1 amide bonds. The van der Waals surface area contributed by atoms with Crippen LogP contribution in [-0.2, 0) is 6.18 Å². The van der Waals surface area contributed by atoms with Crippen molar-refractivity contribution in [3.05, 3.63) is 66.1 Å².